The molecule has 2 amide bonds. The Labute approximate surface area is 150 Å². The summed E-state index contributed by atoms with van der Waals surface area (Å²) >= 11 is 10.9. The van der Waals surface area contributed by atoms with Crippen LogP contribution in [0.5, 0.6) is 5.88 Å². The maximum atomic E-state index is 11.8. The minimum atomic E-state index is -4.12. The van der Waals surface area contributed by atoms with Crippen molar-refractivity contribution < 1.29 is 22.7 Å². The minimum absolute atomic E-state index is 0.138. The molecule has 1 aromatic rings. The fourth-order valence-corrected chi connectivity index (χ4v) is 2.62. The standard InChI is InChI=1S/C12H18Cl2N4O5S/c1-6-7(2)15-11(16-10(6)23-8(3)22-4)17-12(19)18-24(20,21)9(14)5-13/h8-9H,5H2,1-4H3,(H2,15,16,17,18,19). The van der Waals surface area contributed by atoms with Crippen LogP contribution in [-0.2, 0) is 14.8 Å². The Morgan fingerprint density at radius 3 is 2.50 bits per heavy atom. The quantitative estimate of drug-likeness (QED) is 0.527. The Morgan fingerprint density at radius 1 is 1.33 bits per heavy atom. The molecule has 12 heteroatoms. The number of nitrogens with zero attached hydrogens (tertiary/aromatic N) is 2. The first kappa shape index (κ1) is 20.7. The molecule has 0 aromatic carbocycles. The average Bonchev–Trinajstić information content (AvgIpc) is 2.50. The number of urea groups is 1. The number of sulfonamides is 1. The van der Waals surface area contributed by atoms with Gasteiger partial charge in [0.2, 0.25) is 11.8 Å². The van der Waals surface area contributed by atoms with Crippen LogP contribution in [0.15, 0.2) is 0 Å². The van der Waals surface area contributed by atoms with E-state index < -0.39 is 27.1 Å². The molecular formula is C12H18Cl2N4O5S. The molecule has 0 aliphatic heterocycles. The number of aromatic nitrogens is 2. The first-order valence-corrected chi connectivity index (χ1v) is 9.19. The highest BCUT2D eigenvalue weighted by molar-refractivity contribution is 7.92. The third kappa shape index (κ3) is 5.62. The summed E-state index contributed by atoms with van der Waals surface area (Å²) in [5.74, 6) is -0.316. The van der Waals surface area contributed by atoms with E-state index in [1.165, 1.54) is 7.11 Å². The molecule has 0 saturated carbocycles. The molecule has 1 aromatic heterocycles. The number of hydrogen-bond donors (Lipinski definition) is 2. The molecule has 1 heterocycles. The minimum Gasteiger partial charge on any atom is -0.448 e. The van der Waals surface area contributed by atoms with E-state index in [2.05, 4.69) is 15.3 Å². The van der Waals surface area contributed by atoms with Crippen molar-refractivity contribution in [2.45, 2.75) is 31.8 Å². The first-order chi connectivity index (χ1) is 11.1. The van der Waals surface area contributed by atoms with Crippen LogP contribution in [0.3, 0.4) is 0 Å². The predicted octanol–water partition coefficient (Wildman–Crippen LogP) is 1.72. The highest BCUT2D eigenvalue weighted by Gasteiger charge is 2.25. The molecule has 2 atom stereocenters. The summed E-state index contributed by atoms with van der Waals surface area (Å²) in [4.78, 5) is 19.8. The highest BCUT2D eigenvalue weighted by atomic mass is 35.5. The van der Waals surface area contributed by atoms with Crippen molar-refractivity contribution in [3.63, 3.8) is 0 Å². The lowest BCUT2D eigenvalue weighted by molar-refractivity contribution is -0.0414. The van der Waals surface area contributed by atoms with Crippen LogP contribution in [0, 0.1) is 13.8 Å². The van der Waals surface area contributed by atoms with Gasteiger partial charge in [0.1, 0.15) is 0 Å². The molecule has 2 unspecified atom stereocenters. The number of aryl methyl sites for hydroxylation is 1. The summed E-state index contributed by atoms with van der Waals surface area (Å²) in [6.07, 6.45) is -0.569. The lowest BCUT2D eigenvalue weighted by atomic mass is 10.2. The Balaban J connectivity index is 2.93. The van der Waals surface area contributed by atoms with Crippen LogP contribution in [0.25, 0.3) is 0 Å². The maximum absolute atomic E-state index is 11.8. The van der Waals surface area contributed by atoms with Crippen LogP contribution >= 0.6 is 23.2 Å². The number of nitrogens with one attached hydrogen (secondary N) is 2. The number of carbonyl (C=O) groups excluding carboxylic acids is 1. The number of amides is 2. The molecule has 136 valence electrons. The zero-order chi connectivity index (χ0) is 18.5. The topological polar surface area (TPSA) is 120 Å². The molecule has 24 heavy (non-hydrogen) atoms. The van der Waals surface area contributed by atoms with Crippen molar-refractivity contribution in [1.29, 1.82) is 0 Å². The van der Waals surface area contributed by atoms with Gasteiger partial charge in [-0.15, -0.1) is 23.2 Å². The monoisotopic (exact) mass is 400 g/mol. The van der Waals surface area contributed by atoms with Gasteiger partial charge in [0.25, 0.3) is 10.0 Å². The fraction of sp³-hybridized carbons (Fsp3) is 0.583. The van der Waals surface area contributed by atoms with E-state index in [-0.39, 0.29) is 17.7 Å². The second-order valence-electron chi connectivity index (χ2n) is 4.65. The second-order valence-corrected chi connectivity index (χ2v) is 7.61. The molecule has 0 aliphatic carbocycles. The van der Waals surface area contributed by atoms with Crippen LogP contribution < -0.4 is 14.8 Å². The van der Waals surface area contributed by atoms with E-state index in [4.69, 9.17) is 32.7 Å². The summed E-state index contributed by atoms with van der Waals surface area (Å²) in [6, 6.07) is -1.07. The van der Waals surface area contributed by atoms with Gasteiger partial charge in [-0.25, -0.2) is 22.9 Å². The van der Waals surface area contributed by atoms with Crippen molar-refractivity contribution in [1.82, 2.24) is 14.7 Å². The van der Waals surface area contributed by atoms with Crippen molar-refractivity contribution in [3.8, 4) is 5.88 Å². The van der Waals surface area contributed by atoms with E-state index in [9.17, 15) is 13.2 Å². The van der Waals surface area contributed by atoms with Gasteiger partial charge >= 0.3 is 6.03 Å². The van der Waals surface area contributed by atoms with Crippen LogP contribution in [0.2, 0.25) is 0 Å². The van der Waals surface area contributed by atoms with E-state index in [0.717, 1.165) is 0 Å². The number of ether oxygens (including phenoxy) is 2. The summed E-state index contributed by atoms with van der Waals surface area (Å²) in [5, 5.41) is 2.20. The van der Waals surface area contributed by atoms with Crippen molar-refractivity contribution in [2.75, 3.05) is 18.3 Å². The first-order valence-electron chi connectivity index (χ1n) is 6.68. The highest BCUT2D eigenvalue weighted by Crippen LogP contribution is 2.20. The van der Waals surface area contributed by atoms with E-state index >= 15 is 0 Å². The third-order valence-electron chi connectivity index (χ3n) is 2.87. The van der Waals surface area contributed by atoms with E-state index in [1.54, 1.807) is 25.5 Å². The smallest absolute Gasteiger partial charge is 0.335 e. The fourth-order valence-electron chi connectivity index (χ4n) is 1.38. The van der Waals surface area contributed by atoms with Gasteiger partial charge in [-0.05, 0) is 20.8 Å². The molecular weight excluding hydrogens is 383 g/mol. The third-order valence-corrected chi connectivity index (χ3v) is 5.69. The van der Waals surface area contributed by atoms with Gasteiger partial charge in [-0.2, -0.15) is 4.98 Å². The summed E-state index contributed by atoms with van der Waals surface area (Å²) in [7, 11) is -2.65. The Kier molecular flexibility index (Phi) is 7.46. The summed E-state index contributed by atoms with van der Waals surface area (Å²) in [6.45, 7) is 5.08. The van der Waals surface area contributed by atoms with Crippen LogP contribution in [0.1, 0.15) is 18.2 Å². The van der Waals surface area contributed by atoms with Gasteiger partial charge in [0, 0.05) is 18.4 Å². The normalized spacial score (nSPS) is 13.9. The molecule has 0 saturated heterocycles. The second kappa shape index (κ2) is 8.65. The van der Waals surface area contributed by atoms with Crippen LogP contribution in [-0.4, -0.2) is 48.4 Å². The number of anilines is 1. The van der Waals surface area contributed by atoms with Gasteiger partial charge in [-0.1, -0.05) is 0 Å². The zero-order valence-corrected chi connectivity index (χ0v) is 15.8. The largest absolute Gasteiger partial charge is 0.448 e. The molecule has 2 N–H and O–H groups in total. The zero-order valence-electron chi connectivity index (χ0n) is 13.5. The van der Waals surface area contributed by atoms with E-state index in [0.29, 0.717) is 11.3 Å². The Morgan fingerprint density at radius 2 is 1.96 bits per heavy atom. The maximum Gasteiger partial charge on any atom is 0.335 e. The van der Waals surface area contributed by atoms with Gasteiger partial charge in [0.05, 0.1) is 5.88 Å². The number of hydrogen-bond acceptors (Lipinski definition) is 7. The van der Waals surface area contributed by atoms with Crippen LogP contribution in [0.4, 0.5) is 10.7 Å². The Bertz CT molecular complexity index is 701. The van der Waals surface area contributed by atoms with Crippen molar-refractivity contribution in [2.24, 2.45) is 0 Å². The average molecular weight is 401 g/mol. The van der Waals surface area contributed by atoms with Crippen molar-refractivity contribution >= 4 is 45.2 Å². The number of rotatable bonds is 7. The number of alkyl halides is 2. The molecule has 1 rings (SSSR count). The molecule has 9 nitrogen and oxygen atoms in total. The number of methoxy groups -OCH3 is 1. The lowest BCUT2D eigenvalue weighted by Crippen LogP contribution is -2.39. The molecule has 0 aliphatic rings. The molecule has 0 radical (unpaired) electrons. The predicted molar refractivity (Wildman–Crippen MR) is 90.0 cm³/mol. The SMILES string of the molecule is COC(C)Oc1nc(NC(=O)NS(=O)(=O)C(Cl)CCl)nc(C)c1C. The molecule has 0 spiro atoms. The van der Waals surface area contributed by atoms with E-state index in [1.807, 2.05) is 0 Å². The number of halogens is 2. The lowest BCUT2D eigenvalue weighted by Gasteiger charge is -2.16. The Hall–Kier alpha value is -1.36. The van der Waals surface area contributed by atoms with Gasteiger partial charge in [-0.3, -0.25) is 5.32 Å². The van der Waals surface area contributed by atoms with Gasteiger partial charge in [0.15, 0.2) is 11.0 Å². The summed E-state index contributed by atoms with van der Waals surface area (Å²) in [5.41, 5.74) is 1.19. The summed E-state index contributed by atoms with van der Waals surface area (Å²) < 4.78 is 34.0. The van der Waals surface area contributed by atoms with Crippen molar-refractivity contribution in [3.05, 3.63) is 11.3 Å². The molecule has 0 fully saturated rings. The van der Waals surface area contributed by atoms with Gasteiger partial charge < -0.3 is 9.47 Å². The molecule has 0 bridgehead atoms. The number of carbonyl (C=O) groups is 1.